The molecule has 2 N–H and O–H groups in total. The standard InChI is InChI=1S/C21H27ClN2O2/c22-21-10-19(23-11-14-1-3-15(13-25)4-2-14)17(12-24-21)6-5-16-9-18-7-8-20(16)26-18/h10,12,14-16,18,20,25H,1-4,7-9,11,13H2,(H,23,24)/t14-,15-,16?,18?,20?. The summed E-state index contributed by atoms with van der Waals surface area (Å²) in [4.78, 5) is 4.21. The quantitative estimate of drug-likeness (QED) is 0.620. The fourth-order valence-corrected chi connectivity index (χ4v) is 4.67. The zero-order chi connectivity index (χ0) is 17.9. The number of anilines is 1. The highest BCUT2D eigenvalue weighted by Gasteiger charge is 2.39. The first-order valence-corrected chi connectivity index (χ1v) is 10.3. The van der Waals surface area contributed by atoms with Crippen molar-refractivity contribution in [2.24, 2.45) is 17.8 Å². The molecule has 0 spiro atoms. The molecule has 140 valence electrons. The molecule has 3 atom stereocenters. The Labute approximate surface area is 160 Å². The van der Waals surface area contributed by atoms with Crippen LogP contribution in [0.5, 0.6) is 0 Å². The summed E-state index contributed by atoms with van der Waals surface area (Å²) >= 11 is 6.11. The van der Waals surface area contributed by atoms with Crippen LogP contribution in [-0.2, 0) is 4.74 Å². The number of hydrogen-bond acceptors (Lipinski definition) is 4. The molecule has 4 rings (SSSR count). The number of rotatable bonds is 4. The van der Waals surface area contributed by atoms with E-state index in [4.69, 9.17) is 16.3 Å². The number of nitrogens with one attached hydrogen (secondary N) is 1. The lowest BCUT2D eigenvalue weighted by atomic mass is 9.82. The van der Waals surface area contributed by atoms with Crippen molar-refractivity contribution in [3.63, 3.8) is 0 Å². The van der Waals surface area contributed by atoms with Crippen molar-refractivity contribution in [1.29, 1.82) is 0 Å². The zero-order valence-corrected chi connectivity index (χ0v) is 15.8. The van der Waals surface area contributed by atoms with E-state index in [-0.39, 0.29) is 0 Å². The van der Waals surface area contributed by atoms with Gasteiger partial charge in [-0.25, -0.2) is 4.98 Å². The topological polar surface area (TPSA) is 54.4 Å². The molecule has 3 heterocycles. The van der Waals surface area contributed by atoms with E-state index in [1.807, 2.05) is 6.07 Å². The van der Waals surface area contributed by atoms with Crippen molar-refractivity contribution in [3.05, 3.63) is 23.0 Å². The Morgan fingerprint density at radius 2 is 2.00 bits per heavy atom. The van der Waals surface area contributed by atoms with E-state index >= 15 is 0 Å². The molecular weight excluding hydrogens is 348 g/mol. The van der Waals surface area contributed by atoms with Crippen LogP contribution in [0.2, 0.25) is 5.15 Å². The second kappa shape index (κ2) is 8.17. The van der Waals surface area contributed by atoms with Gasteiger partial charge in [0.05, 0.1) is 23.5 Å². The molecule has 1 aliphatic carbocycles. The second-order valence-electron chi connectivity index (χ2n) is 7.99. The van der Waals surface area contributed by atoms with Gasteiger partial charge in [0.25, 0.3) is 0 Å². The van der Waals surface area contributed by atoms with Crippen LogP contribution < -0.4 is 5.32 Å². The van der Waals surface area contributed by atoms with Gasteiger partial charge in [-0.15, -0.1) is 0 Å². The smallest absolute Gasteiger partial charge is 0.131 e. The number of hydrogen-bond donors (Lipinski definition) is 2. The normalized spacial score (nSPS) is 32.9. The van der Waals surface area contributed by atoms with Gasteiger partial charge in [0.2, 0.25) is 0 Å². The molecule has 0 radical (unpaired) electrons. The van der Waals surface area contributed by atoms with Crippen LogP contribution in [-0.4, -0.2) is 35.5 Å². The predicted octanol–water partition coefficient (Wildman–Crippen LogP) is 3.86. The molecule has 1 saturated carbocycles. The minimum absolute atomic E-state index is 0.325. The van der Waals surface area contributed by atoms with Gasteiger partial charge in [0, 0.05) is 25.3 Å². The minimum atomic E-state index is 0.325. The number of aliphatic hydroxyl groups excluding tert-OH is 1. The molecule has 2 aliphatic heterocycles. The van der Waals surface area contributed by atoms with Crippen molar-refractivity contribution in [2.75, 3.05) is 18.5 Å². The Balaban J connectivity index is 1.39. The summed E-state index contributed by atoms with van der Waals surface area (Å²) < 4.78 is 5.89. The van der Waals surface area contributed by atoms with E-state index < -0.39 is 0 Å². The van der Waals surface area contributed by atoms with Gasteiger partial charge < -0.3 is 15.2 Å². The van der Waals surface area contributed by atoms with Crippen molar-refractivity contribution >= 4 is 17.3 Å². The molecule has 2 bridgehead atoms. The summed E-state index contributed by atoms with van der Waals surface area (Å²) in [6.07, 6.45) is 10.5. The van der Waals surface area contributed by atoms with Crippen molar-refractivity contribution in [3.8, 4) is 11.8 Å². The molecule has 0 amide bonds. The molecule has 1 aromatic rings. The maximum atomic E-state index is 9.28. The Morgan fingerprint density at radius 1 is 1.19 bits per heavy atom. The first kappa shape index (κ1) is 18.1. The van der Waals surface area contributed by atoms with Crippen LogP contribution in [0.1, 0.15) is 50.5 Å². The van der Waals surface area contributed by atoms with Gasteiger partial charge in [-0.05, 0) is 62.8 Å². The molecule has 2 saturated heterocycles. The van der Waals surface area contributed by atoms with Crippen molar-refractivity contribution in [2.45, 2.75) is 57.2 Å². The van der Waals surface area contributed by atoms with Crippen LogP contribution in [0.15, 0.2) is 12.3 Å². The monoisotopic (exact) mass is 374 g/mol. The Kier molecular flexibility index (Phi) is 5.69. The molecule has 3 unspecified atom stereocenters. The summed E-state index contributed by atoms with van der Waals surface area (Å²) in [6.45, 7) is 1.25. The molecular formula is C21H27ClN2O2. The highest BCUT2D eigenvalue weighted by Crippen LogP contribution is 2.38. The number of fused-ring (bicyclic) bond motifs is 2. The number of nitrogens with zero attached hydrogens (tertiary/aromatic N) is 1. The van der Waals surface area contributed by atoms with E-state index in [0.717, 1.165) is 43.5 Å². The van der Waals surface area contributed by atoms with Gasteiger partial charge in [-0.1, -0.05) is 23.4 Å². The number of halogens is 1. The van der Waals surface area contributed by atoms with Crippen LogP contribution in [0.25, 0.3) is 0 Å². The number of ether oxygens (including phenoxy) is 1. The van der Waals surface area contributed by atoms with E-state index in [2.05, 4.69) is 22.1 Å². The first-order chi connectivity index (χ1) is 12.7. The van der Waals surface area contributed by atoms with Crippen molar-refractivity contribution in [1.82, 2.24) is 4.98 Å². The van der Waals surface area contributed by atoms with E-state index in [0.29, 0.717) is 41.7 Å². The predicted molar refractivity (Wildman–Crippen MR) is 103 cm³/mol. The van der Waals surface area contributed by atoms with Crippen LogP contribution in [0.4, 0.5) is 5.69 Å². The summed E-state index contributed by atoms with van der Waals surface area (Å²) in [6, 6.07) is 1.88. The molecule has 5 heteroatoms. The first-order valence-electron chi connectivity index (χ1n) is 9.88. The van der Waals surface area contributed by atoms with Gasteiger partial charge >= 0.3 is 0 Å². The lowest BCUT2D eigenvalue weighted by Gasteiger charge is -2.27. The summed E-state index contributed by atoms with van der Waals surface area (Å²) in [5.74, 6) is 8.23. The zero-order valence-electron chi connectivity index (χ0n) is 15.1. The Morgan fingerprint density at radius 3 is 2.69 bits per heavy atom. The van der Waals surface area contributed by atoms with Crippen molar-refractivity contribution < 1.29 is 9.84 Å². The summed E-state index contributed by atoms with van der Waals surface area (Å²) in [7, 11) is 0. The fourth-order valence-electron chi connectivity index (χ4n) is 4.51. The summed E-state index contributed by atoms with van der Waals surface area (Å²) in [5.41, 5.74) is 1.90. The third-order valence-electron chi connectivity index (χ3n) is 6.17. The Bertz CT molecular complexity index is 691. The third kappa shape index (κ3) is 4.17. The maximum Gasteiger partial charge on any atom is 0.131 e. The molecule has 26 heavy (non-hydrogen) atoms. The van der Waals surface area contributed by atoms with E-state index in [1.54, 1.807) is 6.20 Å². The fraction of sp³-hybridized carbons (Fsp3) is 0.667. The Hall–Kier alpha value is -1.28. The maximum absolute atomic E-state index is 9.28. The van der Waals surface area contributed by atoms with Gasteiger partial charge in [0.1, 0.15) is 5.15 Å². The number of aromatic nitrogens is 1. The lowest BCUT2D eigenvalue weighted by molar-refractivity contribution is 0.0987. The molecule has 1 aromatic heterocycles. The van der Waals surface area contributed by atoms with Crippen LogP contribution in [0.3, 0.4) is 0 Å². The SMILES string of the molecule is OC[C@H]1CC[C@H](CNc2cc(Cl)ncc2C#CC2CC3CCC2O3)CC1. The second-order valence-corrected chi connectivity index (χ2v) is 8.38. The molecule has 3 aliphatic rings. The molecule has 4 nitrogen and oxygen atoms in total. The number of aliphatic hydroxyl groups is 1. The highest BCUT2D eigenvalue weighted by molar-refractivity contribution is 6.29. The van der Waals surface area contributed by atoms with Gasteiger partial charge in [-0.3, -0.25) is 0 Å². The van der Waals surface area contributed by atoms with E-state index in [1.165, 1.54) is 19.3 Å². The minimum Gasteiger partial charge on any atom is -0.396 e. The average Bonchev–Trinajstić information content (AvgIpc) is 3.29. The molecule has 3 fully saturated rings. The average molecular weight is 375 g/mol. The van der Waals surface area contributed by atoms with Crippen LogP contribution >= 0.6 is 11.6 Å². The largest absolute Gasteiger partial charge is 0.396 e. The lowest BCUT2D eigenvalue weighted by Crippen LogP contribution is -2.23. The number of pyridine rings is 1. The van der Waals surface area contributed by atoms with Crippen LogP contribution in [0, 0.1) is 29.6 Å². The van der Waals surface area contributed by atoms with Gasteiger partial charge in [0.15, 0.2) is 0 Å². The van der Waals surface area contributed by atoms with Gasteiger partial charge in [-0.2, -0.15) is 0 Å². The third-order valence-corrected chi connectivity index (χ3v) is 6.38. The molecule has 0 aromatic carbocycles. The van der Waals surface area contributed by atoms with E-state index in [9.17, 15) is 5.11 Å². The highest BCUT2D eigenvalue weighted by atomic mass is 35.5. The summed E-state index contributed by atoms with van der Waals surface area (Å²) in [5, 5.41) is 13.3.